The predicted molar refractivity (Wildman–Crippen MR) is 103 cm³/mol. The standard InChI is InChI=1S/C20H21N5O4/c1-2-8-24-9-7-15(23-24)18(27)21-13-4-3-12-11-25(20(29)14(12)10-13)16-5-6-17(26)22-19(16)28/h3-4,7,9-10,16H,2,5-6,8,11H2,1H3,(H,21,27)(H,22,26,28). The molecule has 1 saturated heterocycles. The minimum absolute atomic E-state index is 0.211. The van der Waals surface area contributed by atoms with Crippen LogP contribution in [0.5, 0.6) is 0 Å². The molecule has 1 aromatic carbocycles. The molecule has 1 aromatic heterocycles. The number of fused-ring (bicyclic) bond motifs is 1. The van der Waals surface area contributed by atoms with Gasteiger partial charge in [-0.25, -0.2) is 0 Å². The lowest BCUT2D eigenvalue weighted by Gasteiger charge is -2.29. The summed E-state index contributed by atoms with van der Waals surface area (Å²) in [5.74, 6) is -1.40. The molecule has 1 unspecified atom stereocenters. The van der Waals surface area contributed by atoms with E-state index in [1.165, 1.54) is 4.90 Å². The summed E-state index contributed by atoms with van der Waals surface area (Å²) in [5.41, 5.74) is 2.02. The SMILES string of the molecule is CCCn1ccc(C(=O)Nc2ccc3c(c2)C(=O)N(C2CCC(=O)NC2=O)C3)n1. The molecule has 150 valence electrons. The molecule has 2 N–H and O–H groups in total. The number of carbonyl (C=O) groups excluding carboxylic acids is 4. The Hall–Kier alpha value is -3.49. The highest BCUT2D eigenvalue weighted by atomic mass is 16.2. The second kappa shape index (κ2) is 7.50. The molecule has 3 heterocycles. The summed E-state index contributed by atoms with van der Waals surface area (Å²) in [6.07, 6.45) is 3.19. The van der Waals surface area contributed by atoms with Crippen LogP contribution in [0.3, 0.4) is 0 Å². The van der Waals surface area contributed by atoms with Crippen LogP contribution in [0, 0.1) is 0 Å². The fourth-order valence-corrected chi connectivity index (χ4v) is 3.66. The van der Waals surface area contributed by atoms with Gasteiger partial charge in [0.05, 0.1) is 0 Å². The summed E-state index contributed by atoms with van der Waals surface area (Å²) in [6.45, 7) is 3.06. The largest absolute Gasteiger partial charge is 0.322 e. The Labute approximate surface area is 167 Å². The normalized spacial score (nSPS) is 18.6. The molecule has 4 amide bonds. The zero-order valence-corrected chi connectivity index (χ0v) is 16.0. The van der Waals surface area contributed by atoms with Gasteiger partial charge < -0.3 is 10.2 Å². The number of benzene rings is 1. The van der Waals surface area contributed by atoms with E-state index < -0.39 is 11.9 Å². The molecule has 0 radical (unpaired) electrons. The molecule has 0 aliphatic carbocycles. The predicted octanol–water partition coefficient (Wildman–Crippen LogP) is 1.31. The number of imide groups is 1. The molecule has 2 aliphatic heterocycles. The van der Waals surface area contributed by atoms with Crippen molar-refractivity contribution in [1.82, 2.24) is 20.0 Å². The van der Waals surface area contributed by atoms with Crippen LogP contribution in [0.4, 0.5) is 5.69 Å². The smallest absolute Gasteiger partial charge is 0.276 e. The summed E-state index contributed by atoms with van der Waals surface area (Å²) < 4.78 is 1.71. The van der Waals surface area contributed by atoms with Crippen molar-refractivity contribution in [1.29, 1.82) is 0 Å². The van der Waals surface area contributed by atoms with Gasteiger partial charge in [0.1, 0.15) is 6.04 Å². The van der Waals surface area contributed by atoms with Gasteiger partial charge in [0.2, 0.25) is 11.8 Å². The van der Waals surface area contributed by atoms with Gasteiger partial charge in [-0.15, -0.1) is 0 Å². The van der Waals surface area contributed by atoms with E-state index in [-0.39, 0.29) is 24.1 Å². The number of hydrogen-bond acceptors (Lipinski definition) is 5. The van der Waals surface area contributed by atoms with Gasteiger partial charge >= 0.3 is 0 Å². The van der Waals surface area contributed by atoms with Gasteiger partial charge in [0, 0.05) is 37.0 Å². The van der Waals surface area contributed by atoms with Crippen LogP contribution in [0.1, 0.15) is 52.6 Å². The minimum atomic E-state index is -0.659. The van der Waals surface area contributed by atoms with Crippen LogP contribution in [0.15, 0.2) is 30.5 Å². The molecule has 0 spiro atoms. The van der Waals surface area contributed by atoms with Crippen LogP contribution < -0.4 is 10.6 Å². The molecular weight excluding hydrogens is 374 g/mol. The average Bonchev–Trinajstić information content (AvgIpc) is 3.28. The van der Waals surface area contributed by atoms with Gasteiger partial charge in [-0.2, -0.15) is 5.10 Å². The van der Waals surface area contributed by atoms with Gasteiger partial charge in [-0.1, -0.05) is 13.0 Å². The van der Waals surface area contributed by atoms with Crippen LogP contribution in [-0.4, -0.2) is 44.4 Å². The first-order chi connectivity index (χ1) is 14.0. The first-order valence-electron chi connectivity index (χ1n) is 9.58. The third kappa shape index (κ3) is 3.63. The summed E-state index contributed by atoms with van der Waals surface area (Å²) in [4.78, 5) is 50.2. The van der Waals surface area contributed by atoms with E-state index >= 15 is 0 Å². The first-order valence-corrected chi connectivity index (χ1v) is 9.58. The molecule has 9 nitrogen and oxygen atoms in total. The Balaban J connectivity index is 1.48. The molecule has 4 rings (SSSR count). The second-order valence-electron chi connectivity index (χ2n) is 7.19. The molecule has 9 heteroatoms. The number of hydrogen-bond donors (Lipinski definition) is 2. The van der Waals surface area contributed by atoms with E-state index in [9.17, 15) is 19.2 Å². The Bertz CT molecular complexity index is 1010. The summed E-state index contributed by atoms with van der Waals surface area (Å²) in [6, 6.07) is 6.10. The van der Waals surface area contributed by atoms with Gasteiger partial charge in [-0.05, 0) is 36.6 Å². The zero-order valence-electron chi connectivity index (χ0n) is 16.0. The van der Waals surface area contributed by atoms with Gasteiger partial charge in [0.25, 0.3) is 11.8 Å². The highest BCUT2D eigenvalue weighted by Crippen LogP contribution is 2.29. The van der Waals surface area contributed by atoms with E-state index in [4.69, 9.17) is 0 Å². The third-order valence-electron chi connectivity index (χ3n) is 5.11. The van der Waals surface area contributed by atoms with Crippen molar-refractivity contribution in [2.45, 2.75) is 45.3 Å². The summed E-state index contributed by atoms with van der Waals surface area (Å²) >= 11 is 0. The van der Waals surface area contributed by atoms with Crippen LogP contribution in [-0.2, 0) is 22.7 Å². The molecule has 0 bridgehead atoms. The Morgan fingerprint density at radius 2 is 2.10 bits per heavy atom. The van der Waals surface area contributed by atoms with Crippen molar-refractivity contribution in [3.05, 3.63) is 47.3 Å². The number of rotatable bonds is 5. The van der Waals surface area contributed by atoms with Crippen molar-refractivity contribution >= 4 is 29.3 Å². The van der Waals surface area contributed by atoms with E-state index in [2.05, 4.69) is 15.7 Å². The molecule has 2 aromatic rings. The van der Waals surface area contributed by atoms with Crippen molar-refractivity contribution in [3.63, 3.8) is 0 Å². The van der Waals surface area contributed by atoms with E-state index in [0.717, 1.165) is 18.5 Å². The van der Waals surface area contributed by atoms with E-state index in [1.54, 1.807) is 35.1 Å². The lowest BCUT2D eigenvalue weighted by molar-refractivity contribution is -0.136. The van der Waals surface area contributed by atoms with Crippen molar-refractivity contribution in [2.75, 3.05) is 5.32 Å². The zero-order chi connectivity index (χ0) is 20.5. The number of amides is 4. The Kier molecular flexibility index (Phi) is 4.87. The second-order valence-corrected chi connectivity index (χ2v) is 7.19. The average molecular weight is 395 g/mol. The maximum Gasteiger partial charge on any atom is 0.276 e. The number of aromatic nitrogens is 2. The number of aryl methyl sites for hydroxylation is 1. The maximum atomic E-state index is 12.8. The monoisotopic (exact) mass is 395 g/mol. The molecular formula is C20H21N5O4. The number of nitrogens with zero attached hydrogens (tertiary/aromatic N) is 3. The van der Waals surface area contributed by atoms with Gasteiger partial charge in [0.15, 0.2) is 5.69 Å². The Morgan fingerprint density at radius 1 is 1.28 bits per heavy atom. The third-order valence-corrected chi connectivity index (χ3v) is 5.11. The van der Waals surface area contributed by atoms with Crippen molar-refractivity contribution < 1.29 is 19.2 Å². The highest BCUT2D eigenvalue weighted by Gasteiger charge is 2.39. The number of anilines is 1. The summed E-state index contributed by atoms with van der Waals surface area (Å²) in [5, 5.41) is 9.27. The van der Waals surface area contributed by atoms with E-state index in [1.807, 2.05) is 6.92 Å². The number of nitrogens with one attached hydrogen (secondary N) is 2. The highest BCUT2D eigenvalue weighted by molar-refractivity contribution is 6.07. The summed E-state index contributed by atoms with van der Waals surface area (Å²) in [7, 11) is 0. The number of carbonyl (C=O) groups is 4. The van der Waals surface area contributed by atoms with Gasteiger partial charge in [-0.3, -0.25) is 29.2 Å². The lowest BCUT2D eigenvalue weighted by Crippen LogP contribution is -2.52. The van der Waals surface area contributed by atoms with Crippen molar-refractivity contribution in [3.8, 4) is 0 Å². The van der Waals surface area contributed by atoms with E-state index in [0.29, 0.717) is 29.9 Å². The topological polar surface area (TPSA) is 113 Å². The first kappa shape index (κ1) is 18.9. The quantitative estimate of drug-likeness (QED) is 0.741. The molecule has 2 aliphatic rings. The van der Waals surface area contributed by atoms with Crippen LogP contribution >= 0.6 is 0 Å². The lowest BCUT2D eigenvalue weighted by atomic mass is 10.0. The molecule has 29 heavy (non-hydrogen) atoms. The molecule has 0 saturated carbocycles. The van der Waals surface area contributed by atoms with Crippen LogP contribution in [0.25, 0.3) is 0 Å². The van der Waals surface area contributed by atoms with Crippen molar-refractivity contribution in [2.24, 2.45) is 0 Å². The Morgan fingerprint density at radius 3 is 2.86 bits per heavy atom. The minimum Gasteiger partial charge on any atom is -0.322 e. The fraction of sp³-hybridized carbons (Fsp3) is 0.350. The number of piperidine rings is 1. The molecule has 1 fully saturated rings. The molecule has 1 atom stereocenters. The van der Waals surface area contributed by atoms with Crippen LogP contribution in [0.2, 0.25) is 0 Å². The maximum absolute atomic E-state index is 12.8. The fourth-order valence-electron chi connectivity index (χ4n) is 3.66.